The molecule has 0 bridgehead atoms. The number of carbonyl (C=O) groups excluding carboxylic acids is 3. The summed E-state index contributed by atoms with van der Waals surface area (Å²) in [6.45, 7) is 9.61. The number of carbonyl (C=O) groups is 3. The van der Waals surface area contributed by atoms with Crippen LogP contribution in [0.25, 0.3) is 0 Å². The number of rotatable bonds is 3. The maximum atomic E-state index is 13.7. The summed E-state index contributed by atoms with van der Waals surface area (Å²) >= 11 is 0. The van der Waals surface area contributed by atoms with Crippen LogP contribution in [-0.2, 0) is 23.9 Å². The molecule has 4 aliphatic rings. The Morgan fingerprint density at radius 2 is 1.71 bits per heavy atom. The van der Waals surface area contributed by atoms with Gasteiger partial charge in [0.2, 0.25) is 0 Å². The number of esters is 2. The van der Waals surface area contributed by atoms with E-state index in [4.69, 9.17) is 9.47 Å². The third kappa shape index (κ3) is 3.76. The molecule has 4 rings (SSSR count). The number of Topliss-reactive ketones (excluding diaryl/α,β-unsaturated/α-hetero) is 1. The van der Waals surface area contributed by atoms with Gasteiger partial charge in [0.25, 0.3) is 0 Å². The van der Waals surface area contributed by atoms with Gasteiger partial charge in [-0.3, -0.25) is 14.4 Å². The van der Waals surface area contributed by atoms with E-state index in [1.807, 2.05) is 6.92 Å². The molecular formula is C26H38O5. The van der Waals surface area contributed by atoms with Crippen molar-refractivity contribution in [1.82, 2.24) is 0 Å². The third-order valence-electron chi connectivity index (χ3n) is 9.59. The molecule has 4 saturated carbocycles. The molecule has 0 saturated heterocycles. The van der Waals surface area contributed by atoms with E-state index in [1.165, 1.54) is 13.8 Å². The number of ketones is 1. The lowest BCUT2D eigenvalue weighted by Crippen LogP contribution is -2.57. The number of hydrogen-bond donors (Lipinski definition) is 0. The zero-order chi connectivity index (χ0) is 22.6. The van der Waals surface area contributed by atoms with Crippen molar-refractivity contribution >= 4 is 17.7 Å². The topological polar surface area (TPSA) is 69.7 Å². The summed E-state index contributed by atoms with van der Waals surface area (Å²) in [5, 5.41) is 0. The van der Waals surface area contributed by atoms with Gasteiger partial charge in [-0.1, -0.05) is 13.8 Å². The van der Waals surface area contributed by atoms with Crippen molar-refractivity contribution in [3.63, 3.8) is 0 Å². The Kier molecular flexibility index (Phi) is 5.85. The maximum Gasteiger partial charge on any atom is 0.307 e. The smallest absolute Gasteiger partial charge is 0.307 e. The fraction of sp³-hybridized carbons (Fsp3) is 0.808. The predicted octanol–water partition coefficient (Wildman–Crippen LogP) is 5.22. The van der Waals surface area contributed by atoms with E-state index >= 15 is 0 Å². The second kappa shape index (κ2) is 8.04. The highest BCUT2D eigenvalue weighted by atomic mass is 16.5. The fourth-order valence-electron chi connectivity index (χ4n) is 8.38. The van der Waals surface area contributed by atoms with Crippen LogP contribution < -0.4 is 0 Å². The first kappa shape index (κ1) is 22.5. The average Bonchev–Trinajstić information content (AvgIpc) is 3.02. The summed E-state index contributed by atoms with van der Waals surface area (Å²) in [4.78, 5) is 36.5. The first-order valence-corrected chi connectivity index (χ1v) is 12.1. The lowest BCUT2D eigenvalue weighted by Gasteiger charge is -2.60. The van der Waals surface area contributed by atoms with E-state index in [-0.39, 0.29) is 34.8 Å². The Morgan fingerprint density at radius 3 is 2.39 bits per heavy atom. The summed E-state index contributed by atoms with van der Waals surface area (Å²) in [6, 6.07) is 0. The van der Waals surface area contributed by atoms with Crippen molar-refractivity contribution in [2.24, 2.45) is 40.4 Å². The second-order valence-electron chi connectivity index (χ2n) is 11.3. The molecule has 31 heavy (non-hydrogen) atoms. The van der Waals surface area contributed by atoms with Crippen LogP contribution >= 0.6 is 0 Å². The maximum absolute atomic E-state index is 13.7. The summed E-state index contributed by atoms with van der Waals surface area (Å²) in [7, 11) is 0. The van der Waals surface area contributed by atoms with Crippen LogP contribution in [0.1, 0.15) is 86.0 Å². The number of allylic oxidation sites excluding steroid dienone is 1. The van der Waals surface area contributed by atoms with E-state index < -0.39 is 0 Å². The molecule has 0 N–H and O–H groups in total. The lowest BCUT2D eigenvalue weighted by molar-refractivity contribution is -0.168. The highest BCUT2D eigenvalue weighted by Crippen LogP contribution is 2.67. The summed E-state index contributed by atoms with van der Waals surface area (Å²) in [6.07, 6.45) is 9.45. The van der Waals surface area contributed by atoms with E-state index in [9.17, 15) is 14.4 Å². The highest BCUT2D eigenvalue weighted by molar-refractivity contribution is 5.84. The van der Waals surface area contributed by atoms with Crippen molar-refractivity contribution in [1.29, 1.82) is 0 Å². The molecular weight excluding hydrogens is 392 g/mol. The minimum Gasteiger partial charge on any atom is -0.463 e. The van der Waals surface area contributed by atoms with Crippen LogP contribution in [-0.4, -0.2) is 23.8 Å². The molecule has 0 radical (unpaired) electrons. The highest BCUT2D eigenvalue weighted by Gasteiger charge is 2.63. The minimum absolute atomic E-state index is 0.0148. The molecule has 0 heterocycles. The molecule has 5 nitrogen and oxygen atoms in total. The largest absolute Gasteiger partial charge is 0.463 e. The van der Waals surface area contributed by atoms with Gasteiger partial charge in [0.05, 0.1) is 6.26 Å². The minimum atomic E-state index is -0.297. The SMILES string of the molecule is CC(=O)O/C=C(\C)[C@H]1CC[C@H]2[C@@H]3CC[C@@H]4C[C@H](OC(C)=O)CC[C@]4(C)[C@H]3C(=O)C[C@]12C. The van der Waals surface area contributed by atoms with Crippen LogP contribution in [0, 0.1) is 40.4 Å². The van der Waals surface area contributed by atoms with Gasteiger partial charge >= 0.3 is 11.9 Å². The van der Waals surface area contributed by atoms with Gasteiger partial charge in [0.15, 0.2) is 0 Å². The van der Waals surface area contributed by atoms with Gasteiger partial charge in [0, 0.05) is 26.2 Å². The second-order valence-corrected chi connectivity index (χ2v) is 11.3. The Bertz CT molecular complexity index is 800. The molecule has 0 amide bonds. The Balaban J connectivity index is 1.56. The molecule has 0 spiro atoms. The molecule has 0 aromatic carbocycles. The Labute approximate surface area is 186 Å². The van der Waals surface area contributed by atoms with E-state index in [2.05, 4.69) is 13.8 Å². The van der Waals surface area contributed by atoms with E-state index in [0.29, 0.717) is 35.9 Å². The standard InChI is InChI=1S/C26H38O5/c1-15(14-30-16(2)27)21-8-9-22-20-7-6-18-12-19(31-17(3)28)10-11-25(18,4)24(20)23(29)13-26(21,22)5/h14,18-22,24H,6-13H2,1-5H3/b15-14+/t18-,19-,20+,21-,22+,24-,25+,26-/m1/s1. The van der Waals surface area contributed by atoms with Crippen LogP contribution in [0.4, 0.5) is 0 Å². The molecule has 172 valence electrons. The molecule has 0 aromatic heterocycles. The van der Waals surface area contributed by atoms with Crippen molar-refractivity contribution in [3.05, 3.63) is 11.8 Å². The quantitative estimate of drug-likeness (QED) is 0.453. The molecule has 4 aliphatic carbocycles. The van der Waals surface area contributed by atoms with Gasteiger partial charge in [0.1, 0.15) is 11.9 Å². The van der Waals surface area contributed by atoms with Crippen molar-refractivity contribution < 1.29 is 23.9 Å². The summed E-state index contributed by atoms with van der Waals surface area (Å²) < 4.78 is 10.7. The zero-order valence-corrected chi connectivity index (χ0v) is 19.7. The third-order valence-corrected chi connectivity index (χ3v) is 9.59. The van der Waals surface area contributed by atoms with Crippen LogP contribution in [0.5, 0.6) is 0 Å². The first-order chi connectivity index (χ1) is 14.6. The number of fused-ring (bicyclic) bond motifs is 5. The average molecular weight is 431 g/mol. The van der Waals surface area contributed by atoms with Crippen LogP contribution in [0.2, 0.25) is 0 Å². The van der Waals surface area contributed by atoms with Gasteiger partial charge < -0.3 is 9.47 Å². The molecule has 4 fully saturated rings. The predicted molar refractivity (Wildman–Crippen MR) is 117 cm³/mol. The van der Waals surface area contributed by atoms with Crippen LogP contribution in [0.15, 0.2) is 11.8 Å². The van der Waals surface area contributed by atoms with Crippen molar-refractivity contribution in [2.75, 3.05) is 0 Å². The number of ether oxygens (including phenoxy) is 2. The number of hydrogen-bond acceptors (Lipinski definition) is 5. The van der Waals surface area contributed by atoms with Crippen molar-refractivity contribution in [2.45, 2.75) is 92.1 Å². The van der Waals surface area contributed by atoms with Gasteiger partial charge in [-0.05, 0) is 91.9 Å². The Morgan fingerprint density at radius 1 is 0.968 bits per heavy atom. The molecule has 8 atom stereocenters. The lowest BCUT2D eigenvalue weighted by atomic mass is 9.44. The van der Waals surface area contributed by atoms with Gasteiger partial charge in [-0.2, -0.15) is 0 Å². The molecule has 0 aliphatic heterocycles. The molecule has 5 heteroatoms. The fourth-order valence-corrected chi connectivity index (χ4v) is 8.38. The monoisotopic (exact) mass is 430 g/mol. The van der Waals surface area contributed by atoms with E-state index in [1.54, 1.807) is 6.26 Å². The van der Waals surface area contributed by atoms with Crippen molar-refractivity contribution in [3.8, 4) is 0 Å². The Hall–Kier alpha value is -1.65. The summed E-state index contributed by atoms with van der Waals surface area (Å²) in [5.74, 6) is 1.84. The first-order valence-electron chi connectivity index (χ1n) is 12.1. The summed E-state index contributed by atoms with van der Waals surface area (Å²) in [5.41, 5.74) is 1.07. The normalized spacial score (nSPS) is 44.7. The van der Waals surface area contributed by atoms with Crippen LogP contribution in [0.3, 0.4) is 0 Å². The molecule has 0 unspecified atom stereocenters. The zero-order valence-electron chi connectivity index (χ0n) is 19.7. The van der Waals surface area contributed by atoms with Gasteiger partial charge in [-0.25, -0.2) is 0 Å². The van der Waals surface area contributed by atoms with E-state index in [0.717, 1.165) is 50.5 Å². The molecule has 0 aromatic rings. The van der Waals surface area contributed by atoms with Gasteiger partial charge in [-0.15, -0.1) is 0 Å².